The molecule has 0 bridgehead atoms. The Labute approximate surface area is 128 Å². The van der Waals surface area contributed by atoms with Crippen LogP contribution in [0.2, 0.25) is 0 Å². The number of fused-ring (bicyclic) bond motifs is 1. The molecule has 0 spiro atoms. The lowest BCUT2D eigenvalue weighted by Crippen LogP contribution is -2.43. The molecule has 1 N–H and O–H groups in total. The summed E-state index contributed by atoms with van der Waals surface area (Å²) in [6, 6.07) is 0.720. The molecule has 0 aromatic carbocycles. The van der Waals surface area contributed by atoms with Gasteiger partial charge in [0.1, 0.15) is 18.0 Å². The summed E-state index contributed by atoms with van der Waals surface area (Å²) in [5, 5.41) is 3.48. The predicted octanol–water partition coefficient (Wildman–Crippen LogP) is 3.63. The molecule has 2 unspecified atom stereocenters. The van der Waals surface area contributed by atoms with Crippen LogP contribution in [0.15, 0.2) is 6.33 Å². The number of aromatic nitrogens is 2. The van der Waals surface area contributed by atoms with Gasteiger partial charge in [-0.15, -0.1) is 0 Å². The molecule has 1 aromatic heterocycles. The fourth-order valence-corrected chi connectivity index (χ4v) is 4.09. The molecule has 1 aromatic rings. The fourth-order valence-electron chi connectivity index (χ4n) is 4.09. The van der Waals surface area contributed by atoms with Gasteiger partial charge in [-0.2, -0.15) is 0 Å². The molecule has 1 aliphatic carbocycles. The zero-order chi connectivity index (χ0) is 14.7. The van der Waals surface area contributed by atoms with E-state index >= 15 is 0 Å². The van der Waals surface area contributed by atoms with E-state index in [1.54, 1.807) is 6.33 Å². The van der Waals surface area contributed by atoms with E-state index in [-0.39, 0.29) is 0 Å². The quantitative estimate of drug-likeness (QED) is 0.898. The fraction of sp³-hybridized carbons (Fsp3) is 0.765. The van der Waals surface area contributed by atoms with Gasteiger partial charge in [-0.1, -0.05) is 20.3 Å². The molecular formula is C17H28N4. The Morgan fingerprint density at radius 1 is 1.19 bits per heavy atom. The minimum atomic E-state index is 0.720. The summed E-state index contributed by atoms with van der Waals surface area (Å²) in [6.45, 7) is 6.55. The molecule has 2 atom stereocenters. The van der Waals surface area contributed by atoms with Crippen LogP contribution in [-0.4, -0.2) is 29.1 Å². The van der Waals surface area contributed by atoms with Crippen molar-refractivity contribution in [1.82, 2.24) is 9.97 Å². The number of anilines is 2. The van der Waals surface area contributed by atoms with Gasteiger partial charge in [0, 0.05) is 24.7 Å². The van der Waals surface area contributed by atoms with E-state index in [1.165, 1.54) is 50.0 Å². The second-order valence-corrected chi connectivity index (χ2v) is 6.40. The normalized spacial score (nSPS) is 25.0. The molecule has 2 aliphatic rings. The molecule has 116 valence electrons. The first-order valence-electron chi connectivity index (χ1n) is 8.69. The van der Waals surface area contributed by atoms with Gasteiger partial charge in [0.05, 0.1) is 0 Å². The highest BCUT2D eigenvalue weighted by molar-refractivity contribution is 5.59. The Bertz CT molecular complexity index is 474. The highest BCUT2D eigenvalue weighted by atomic mass is 15.2. The summed E-state index contributed by atoms with van der Waals surface area (Å²) >= 11 is 0. The third-order valence-corrected chi connectivity index (χ3v) is 5.08. The maximum Gasteiger partial charge on any atom is 0.137 e. The lowest BCUT2D eigenvalue weighted by molar-refractivity contribution is 0.360. The Morgan fingerprint density at radius 3 is 2.86 bits per heavy atom. The van der Waals surface area contributed by atoms with Crippen LogP contribution in [0.4, 0.5) is 11.6 Å². The highest BCUT2D eigenvalue weighted by Gasteiger charge is 2.36. The standard InChI is InChI=1S/C17H28N4/c1-3-10-18-16-14(4-2)17(20-12-19-16)21-11-6-8-13-7-5-9-15(13)21/h12-13,15H,3-11H2,1-2H3,(H,18,19,20). The van der Waals surface area contributed by atoms with Crippen molar-refractivity contribution < 1.29 is 0 Å². The molecule has 3 rings (SSSR count). The molecule has 0 amide bonds. The van der Waals surface area contributed by atoms with Crippen molar-refractivity contribution in [3.8, 4) is 0 Å². The van der Waals surface area contributed by atoms with Crippen molar-refractivity contribution in [3.63, 3.8) is 0 Å². The van der Waals surface area contributed by atoms with Crippen LogP contribution in [-0.2, 0) is 6.42 Å². The summed E-state index contributed by atoms with van der Waals surface area (Å²) in [7, 11) is 0. The van der Waals surface area contributed by atoms with Crippen molar-refractivity contribution in [2.75, 3.05) is 23.3 Å². The number of hydrogen-bond acceptors (Lipinski definition) is 4. The summed E-state index contributed by atoms with van der Waals surface area (Å²) in [6.07, 6.45) is 10.7. The van der Waals surface area contributed by atoms with Gasteiger partial charge in [0.15, 0.2) is 0 Å². The molecule has 21 heavy (non-hydrogen) atoms. The maximum atomic E-state index is 4.68. The lowest BCUT2D eigenvalue weighted by atomic mass is 9.91. The number of piperidine rings is 1. The van der Waals surface area contributed by atoms with Crippen molar-refractivity contribution in [1.29, 1.82) is 0 Å². The van der Waals surface area contributed by atoms with E-state index in [2.05, 4.69) is 34.0 Å². The lowest BCUT2D eigenvalue weighted by Gasteiger charge is -2.39. The second-order valence-electron chi connectivity index (χ2n) is 6.40. The van der Waals surface area contributed by atoms with Gasteiger partial charge in [0.2, 0.25) is 0 Å². The Balaban J connectivity index is 1.89. The van der Waals surface area contributed by atoms with Crippen LogP contribution in [0.5, 0.6) is 0 Å². The average molecular weight is 288 g/mol. The Morgan fingerprint density at radius 2 is 2.05 bits per heavy atom. The summed E-state index contributed by atoms with van der Waals surface area (Å²) < 4.78 is 0. The number of rotatable bonds is 5. The highest BCUT2D eigenvalue weighted by Crippen LogP contribution is 2.40. The molecule has 1 saturated heterocycles. The molecule has 1 aliphatic heterocycles. The van der Waals surface area contributed by atoms with Crippen LogP contribution in [0.25, 0.3) is 0 Å². The van der Waals surface area contributed by atoms with E-state index in [1.807, 2.05) is 0 Å². The van der Waals surface area contributed by atoms with Crippen molar-refractivity contribution >= 4 is 11.6 Å². The van der Waals surface area contributed by atoms with E-state index < -0.39 is 0 Å². The van der Waals surface area contributed by atoms with Gasteiger partial charge in [-0.25, -0.2) is 9.97 Å². The van der Waals surface area contributed by atoms with E-state index in [4.69, 9.17) is 0 Å². The Kier molecular flexibility index (Phi) is 4.61. The van der Waals surface area contributed by atoms with E-state index in [0.717, 1.165) is 37.2 Å². The van der Waals surface area contributed by atoms with Gasteiger partial charge >= 0.3 is 0 Å². The number of hydrogen-bond donors (Lipinski definition) is 1. The molecule has 4 nitrogen and oxygen atoms in total. The van der Waals surface area contributed by atoms with Gasteiger partial charge in [-0.3, -0.25) is 0 Å². The van der Waals surface area contributed by atoms with Gasteiger partial charge in [0.25, 0.3) is 0 Å². The van der Waals surface area contributed by atoms with Crippen LogP contribution in [0.3, 0.4) is 0 Å². The van der Waals surface area contributed by atoms with Crippen LogP contribution >= 0.6 is 0 Å². The summed E-state index contributed by atoms with van der Waals surface area (Å²) in [5.74, 6) is 3.14. The van der Waals surface area contributed by atoms with Gasteiger partial charge < -0.3 is 10.2 Å². The van der Waals surface area contributed by atoms with Crippen LogP contribution < -0.4 is 10.2 Å². The molecule has 0 radical (unpaired) electrons. The third-order valence-electron chi connectivity index (χ3n) is 5.08. The number of nitrogens with zero attached hydrogens (tertiary/aromatic N) is 3. The predicted molar refractivity (Wildman–Crippen MR) is 87.9 cm³/mol. The zero-order valence-electron chi connectivity index (χ0n) is 13.4. The molecule has 2 heterocycles. The van der Waals surface area contributed by atoms with Crippen LogP contribution in [0, 0.1) is 5.92 Å². The smallest absolute Gasteiger partial charge is 0.137 e. The summed E-state index contributed by atoms with van der Waals surface area (Å²) in [4.78, 5) is 11.8. The zero-order valence-corrected chi connectivity index (χ0v) is 13.4. The second kappa shape index (κ2) is 6.63. The molecule has 2 fully saturated rings. The largest absolute Gasteiger partial charge is 0.370 e. The minimum absolute atomic E-state index is 0.720. The van der Waals surface area contributed by atoms with Crippen LogP contribution in [0.1, 0.15) is 57.9 Å². The summed E-state index contributed by atoms with van der Waals surface area (Å²) in [5.41, 5.74) is 1.30. The minimum Gasteiger partial charge on any atom is -0.370 e. The first-order valence-corrected chi connectivity index (χ1v) is 8.69. The SMILES string of the molecule is CCCNc1ncnc(N2CCCC3CCCC32)c1CC. The molecular weight excluding hydrogens is 260 g/mol. The number of nitrogens with one attached hydrogen (secondary N) is 1. The monoisotopic (exact) mass is 288 g/mol. The Hall–Kier alpha value is -1.32. The molecule has 4 heteroatoms. The first kappa shape index (κ1) is 14.6. The average Bonchev–Trinajstić information content (AvgIpc) is 3.01. The third kappa shape index (κ3) is 2.85. The van der Waals surface area contributed by atoms with Crippen molar-refractivity contribution in [2.45, 2.75) is 64.8 Å². The molecule has 1 saturated carbocycles. The van der Waals surface area contributed by atoms with Gasteiger partial charge in [-0.05, 0) is 44.4 Å². The van der Waals surface area contributed by atoms with Crippen molar-refractivity contribution in [2.24, 2.45) is 5.92 Å². The maximum absolute atomic E-state index is 4.68. The first-order chi connectivity index (χ1) is 10.3. The van der Waals surface area contributed by atoms with E-state index in [9.17, 15) is 0 Å². The van der Waals surface area contributed by atoms with Crippen molar-refractivity contribution in [3.05, 3.63) is 11.9 Å². The topological polar surface area (TPSA) is 41.1 Å². The van der Waals surface area contributed by atoms with E-state index in [0.29, 0.717) is 0 Å².